The van der Waals surface area contributed by atoms with E-state index in [0.717, 1.165) is 32.9 Å². The Morgan fingerprint density at radius 1 is 0.903 bits per heavy atom. The highest BCUT2D eigenvalue weighted by atomic mass is 16.2. The number of rotatable bonds is 2. The SMILES string of the molecule is CN1C(=O)C(=C2C=C(/C=C/c3cn(C)c4ccccc34)CC(C)(C)C2)C(=O)N(C)C1=O. The number of para-hydroxylation sites is 1. The molecule has 6 nitrogen and oxygen atoms in total. The molecule has 0 atom stereocenters. The zero-order valence-electron chi connectivity index (χ0n) is 18.6. The van der Waals surface area contributed by atoms with Crippen LogP contribution in [0.1, 0.15) is 32.3 Å². The van der Waals surface area contributed by atoms with Gasteiger partial charge in [-0.2, -0.15) is 0 Å². The molecule has 1 aliphatic heterocycles. The number of nitrogens with zero attached hydrogens (tertiary/aromatic N) is 3. The fourth-order valence-electron chi connectivity index (χ4n) is 4.53. The van der Waals surface area contributed by atoms with Crippen molar-refractivity contribution in [3.63, 3.8) is 0 Å². The number of barbiturate groups is 1. The third kappa shape index (κ3) is 3.63. The molecule has 1 aliphatic carbocycles. The van der Waals surface area contributed by atoms with E-state index in [1.54, 1.807) is 0 Å². The van der Waals surface area contributed by atoms with E-state index in [4.69, 9.17) is 0 Å². The molecule has 2 heterocycles. The van der Waals surface area contributed by atoms with Crippen molar-refractivity contribution in [3.8, 4) is 0 Å². The van der Waals surface area contributed by atoms with Gasteiger partial charge in [-0.05, 0) is 41.0 Å². The van der Waals surface area contributed by atoms with Gasteiger partial charge in [-0.25, -0.2) is 4.79 Å². The number of imide groups is 2. The van der Waals surface area contributed by atoms with Crippen LogP contribution in [0.5, 0.6) is 0 Å². The van der Waals surface area contributed by atoms with Crippen molar-refractivity contribution in [2.24, 2.45) is 12.5 Å². The Balaban J connectivity index is 1.77. The Morgan fingerprint density at radius 2 is 1.55 bits per heavy atom. The second kappa shape index (κ2) is 7.38. The summed E-state index contributed by atoms with van der Waals surface area (Å²) in [7, 11) is 4.85. The second-order valence-corrected chi connectivity index (χ2v) is 9.19. The van der Waals surface area contributed by atoms with Gasteiger partial charge >= 0.3 is 6.03 Å². The number of carbonyl (C=O) groups excluding carboxylic acids is 3. The Kier molecular flexibility index (Phi) is 4.96. The van der Waals surface area contributed by atoms with Crippen LogP contribution < -0.4 is 0 Å². The molecule has 6 heteroatoms. The van der Waals surface area contributed by atoms with Crippen molar-refractivity contribution in [1.82, 2.24) is 14.4 Å². The normalized spacial score (nSPS) is 19.8. The van der Waals surface area contributed by atoms with E-state index in [2.05, 4.69) is 48.9 Å². The average Bonchev–Trinajstić information content (AvgIpc) is 3.04. The summed E-state index contributed by atoms with van der Waals surface area (Å²) in [5, 5.41) is 1.18. The molecule has 1 saturated heterocycles. The molecule has 0 N–H and O–H groups in total. The predicted octanol–water partition coefficient (Wildman–Crippen LogP) is 4.28. The third-order valence-electron chi connectivity index (χ3n) is 6.05. The lowest BCUT2D eigenvalue weighted by Crippen LogP contribution is -2.53. The molecule has 4 rings (SSSR count). The molecule has 1 fully saturated rings. The maximum atomic E-state index is 12.8. The summed E-state index contributed by atoms with van der Waals surface area (Å²) in [5.41, 5.74) is 4.00. The van der Waals surface area contributed by atoms with Crippen molar-refractivity contribution in [3.05, 3.63) is 64.9 Å². The van der Waals surface area contributed by atoms with Gasteiger partial charge in [-0.15, -0.1) is 0 Å². The number of urea groups is 1. The highest BCUT2D eigenvalue weighted by Gasteiger charge is 2.41. The van der Waals surface area contributed by atoms with Gasteiger partial charge in [0.1, 0.15) is 5.57 Å². The third-order valence-corrected chi connectivity index (χ3v) is 6.05. The van der Waals surface area contributed by atoms with Crippen LogP contribution in [0.4, 0.5) is 4.79 Å². The molecule has 0 spiro atoms. The summed E-state index contributed by atoms with van der Waals surface area (Å²) in [6, 6.07) is 7.64. The van der Waals surface area contributed by atoms with Crippen LogP contribution in [0.15, 0.2) is 59.3 Å². The molecule has 1 aromatic carbocycles. The van der Waals surface area contributed by atoms with E-state index in [1.807, 2.05) is 25.3 Å². The molecule has 160 valence electrons. The van der Waals surface area contributed by atoms with Crippen LogP contribution in [0.2, 0.25) is 0 Å². The lowest BCUT2D eigenvalue weighted by atomic mass is 9.73. The number of fused-ring (bicyclic) bond motifs is 1. The van der Waals surface area contributed by atoms with Gasteiger partial charge in [0.25, 0.3) is 11.8 Å². The zero-order chi connectivity index (χ0) is 22.5. The number of amides is 4. The van der Waals surface area contributed by atoms with Gasteiger partial charge in [0.05, 0.1) is 0 Å². The smallest absolute Gasteiger partial charge is 0.333 e. The maximum Gasteiger partial charge on any atom is 0.333 e. The quantitative estimate of drug-likeness (QED) is 0.541. The van der Waals surface area contributed by atoms with Crippen LogP contribution in [-0.2, 0) is 16.6 Å². The molecular formula is C25H27N3O3. The molecule has 0 saturated carbocycles. The highest BCUT2D eigenvalue weighted by Crippen LogP contribution is 2.40. The van der Waals surface area contributed by atoms with Gasteiger partial charge < -0.3 is 4.57 Å². The van der Waals surface area contributed by atoms with Crippen molar-refractivity contribution in [2.75, 3.05) is 14.1 Å². The van der Waals surface area contributed by atoms with E-state index in [0.29, 0.717) is 12.0 Å². The molecule has 0 bridgehead atoms. The Bertz CT molecular complexity index is 1180. The molecule has 31 heavy (non-hydrogen) atoms. The van der Waals surface area contributed by atoms with E-state index >= 15 is 0 Å². The lowest BCUT2D eigenvalue weighted by molar-refractivity contribution is -0.134. The summed E-state index contributed by atoms with van der Waals surface area (Å²) in [6.07, 6.45) is 9.62. The minimum absolute atomic E-state index is 0.0911. The number of allylic oxidation sites excluding steroid dienone is 4. The predicted molar refractivity (Wildman–Crippen MR) is 121 cm³/mol. The zero-order valence-corrected chi connectivity index (χ0v) is 18.6. The summed E-state index contributed by atoms with van der Waals surface area (Å²) < 4.78 is 2.10. The van der Waals surface area contributed by atoms with Gasteiger partial charge in [-0.1, -0.05) is 50.3 Å². The number of hydrogen-bond donors (Lipinski definition) is 0. The van der Waals surface area contributed by atoms with E-state index < -0.39 is 17.8 Å². The molecule has 0 unspecified atom stereocenters. The van der Waals surface area contributed by atoms with Crippen LogP contribution >= 0.6 is 0 Å². The van der Waals surface area contributed by atoms with Crippen LogP contribution in [0, 0.1) is 5.41 Å². The lowest BCUT2D eigenvalue weighted by Gasteiger charge is -2.34. The van der Waals surface area contributed by atoms with Gasteiger partial charge in [0.15, 0.2) is 0 Å². The first-order valence-corrected chi connectivity index (χ1v) is 10.3. The largest absolute Gasteiger partial charge is 0.350 e. The van der Waals surface area contributed by atoms with Crippen molar-refractivity contribution < 1.29 is 14.4 Å². The topological polar surface area (TPSA) is 62.6 Å². The van der Waals surface area contributed by atoms with E-state index in [1.165, 1.54) is 19.5 Å². The minimum atomic E-state index is -0.602. The number of aromatic nitrogens is 1. The average molecular weight is 418 g/mol. The number of hydrogen-bond acceptors (Lipinski definition) is 3. The second-order valence-electron chi connectivity index (χ2n) is 9.19. The van der Waals surface area contributed by atoms with Crippen molar-refractivity contribution in [1.29, 1.82) is 0 Å². The fourth-order valence-corrected chi connectivity index (χ4v) is 4.53. The summed E-state index contributed by atoms with van der Waals surface area (Å²) in [5.74, 6) is -1.07. The summed E-state index contributed by atoms with van der Waals surface area (Å²) >= 11 is 0. The van der Waals surface area contributed by atoms with Gasteiger partial charge in [0.2, 0.25) is 0 Å². The minimum Gasteiger partial charge on any atom is -0.350 e. The first kappa shape index (κ1) is 20.8. The van der Waals surface area contributed by atoms with Gasteiger partial charge in [0, 0.05) is 38.2 Å². The number of aryl methyl sites for hydroxylation is 1. The highest BCUT2D eigenvalue weighted by molar-refractivity contribution is 6.29. The number of likely N-dealkylation sites (N-methyl/N-ethyl adjacent to an activating group) is 2. The monoisotopic (exact) mass is 417 g/mol. The molecule has 0 radical (unpaired) electrons. The first-order chi connectivity index (χ1) is 14.6. The standard InChI is InChI=1S/C25H27N3O3/c1-25(2)13-16(10-11-17-15-26(3)20-9-7-6-8-19(17)20)12-18(14-25)21-22(29)27(4)24(31)28(5)23(21)30/h6-12,15H,13-14H2,1-5H3/b11-10+. The van der Waals surface area contributed by atoms with E-state index in [9.17, 15) is 14.4 Å². The molecule has 1 aromatic heterocycles. The molecule has 2 aliphatic rings. The molecule has 4 amide bonds. The Hall–Kier alpha value is -3.41. The van der Waals surface area contributed by atoms with Gasteiger partial charge in [-0.3, -0.25) is 19.4 Å². The fraction of sp³-hybridized carbons (Fsp3) is 0.320. The van der Waals surface area contributed by atoms with Crippen LogP contribution in [0.25, 0.3) is 17.0 Å². The summed E-state index contributed by atoms with van der Waals surface area (Å²) in [4.78, 5) is 39.7. The molecular weight excluding hydrogens is 390 g/mol. The number of benzene rings is 1. The Morgan fingerprint density at radius 3 is 2.23 bits per heavy atom. The van der Waals surface area contributed by atoms with Crippen LogP contribution in [0.3, 0.4) is 0 Å². The molecule has 2 aromatic rings. The van der Waals surface area contributed by atoms with E-state index in [-0.39, 0.29) is 11.0 Å². The maximum absolute atomic E-state index is 12.8. The Labute approximate surface area is 182 Å². The van der Waals surface area contributed by atoms with Crippen molar-refractivity contribution in [2.45, 2.75) is 26.7 Å². The number of carbonyl (C=O) groups is 3. The first-order valence-electron chi connectivity index (χ1n) is 10.3. The van der Waals surface area contributed by atoms with Crippen LogP contribution in [-0.4, -0.2) is 46.3 Å². The summed E-state index contributed by atoms with van der Waals surface area (Å²) in [6.45, 7) is 4.26. The van der Waals surface area contributed by atoms with Crippen molar-refractivity contribution >= 4 is 34.8 Å².